The Hall–Kier alpha value is -1.54. The van der Waals surface area contributed by atoms with E-state index in [2.05, 4.69) is 11.8 Å². The van der Waals surface area contributed by atoms with E-state index < -0.39 is 0 Å². The Labute approximate surface area is 125 Å². The number of unbranched alkanes of at least 4 members (excludes halogenated alkanes) is 1. The van der Waals surface area contributed by atoms with E-state index in [0.717, 1.165) is 30.8 Å². The molecule has 0 heterocycles. The molecule has 2 rings (SSSR count). The summed E-state index contributed by atoms with van der Waals surface area (Å²) in [6.07, 6.45) is 2.14. The van der Waals surface area contributed by atoms with Gasteiger partial charge in [-0.15, -0.1) is 11.6 Å². The van der Waals surface area contributed by atoms with Crippen LogP contribution in [-0.2, 0) is 5.88 Å². The van der Waals surface area contributed by atoms with Crippen LogP contribution in [0.5, 0.6) is 0 Å². The van der Waals surface area contributed by atoms with E-state index in [0.29, 0.717) is 5.56 Å². The van der Waals surface area contributed by atoms with E-state index >= 15 is 0 Å². The van der Waals surface area contributed by atoms with Crippen molar-refractivity contribution < 1.29 is 4.39 Å². The molecular formula is C17H19ClFN. The fraction of sp³-hybridized carbons (Fsp3) is 0.294. The second-order valence-corrected chi connectivity index (χ2v) is 4.98. The largest absolute Gasteiger partial charge is 0.341 e. The molecule has 3 heteroatoms. The quantitative estimate of drug-likeness (QED) is 0.635. The van der Waals surface area contributed by atoms with Crippen LogP contribution < -0.4 is 4.90 Å². The SMILES string of the molecule is CCCCN(c1ccccc1)c1cccc(F)c1CCl. The molecule has 0 saturated heterocycles. The Balaban J connectivity index is 2.44. The highest BCUT2D eigenvalue weighted by Gasteiger charge is 2.15. The topological polar surface area (TPSA) is 3.24 Å². The number of nitrogens with zero attached hydrogens (tertiary/aromatic N) is 1. The summed E-state index contributed by atoms with van der Waals surface area (Å²) in [6, 6.07) is 15.2. The molecule has 0 unspecified atom stereocenters. The lowest BCUT2D eigenvalue weighted by molar-refractivity contribution is 0.616. The minimum absolute atomic E-state index is 0.178. The summed E-state index contributed by atoms with van der Waals surface area (Å²) < 4.78 is 13.9. The highest BCUT2D eigenvalue weighted by atomic mass is 35.5. The molecule has 0 aliphatic rings. The van der Waals surface area contributed by atoms with E-state index in [9.17, 15) is 4.39 Å². The average Bonchev–Trinajstić information content (AvgIpc) is 2.49. The van der Waals surface area contributed by atoms with Gasteiger partial charge in [0.2, 0.25) is 0 Å². The smallest absolute Gasteiger partial charge is 0.129 e. The summed E-state index contributed by atoms with van der Waals surface area (Å²) in [5.74, 6) is -0.0628. The van der Waals surface area contributed by atoms with Gasteiger partial charge in [-0.1, -0.05) is 37.6 Å². The van der Waals surface area contributed by atoms with Crippen LogP contribution in [0.3, 0.4) is 0 Å². The van der Waals surface area contributed by atoms with E-state index in [1.54, 1.807) is 6.07 Å². The number of para-hydroxylation sites is 1. The van der Waals surface area contributed by atoms with Gasteiger partial charge in [0, 0.05) is 23.5 Å². The zero-order valence-corrected chi connectivity index (χ0v) is 12.4. The standard InChI is InChI=1S/C17H19ClFN/c1-2-3-12-20(14-8-5-4-6-9-14)17-11-7-10-16(19)15(17)13-18/h4-11H,2-3,12-13H2,1H3. The molecule has 0 amide bonds. The Morgan fingerprint density at radius 1 is 1.05 bits per heavy atom. The van der Waals surface area contributed by atoms with Crippen molar-refractivity contribution in [2.24, 2.45) is 0 Å². The molecule has 0 fully saturated rings. The van der Waals surface area contributed by atoms with Gasteiger partial charge in [0.1, 0.15) is 5.82 Å². The maximum Gasteiger partial charge on any atom is 0.129 e. The number of hydrogen-bond acceptors (Lipinski definition) is 1. The fourth-order valence-electron chi connectivity index (χ4n) is 2.25. The second-order valence-electron chi connectivity index (χ2n) is 4.71. The van der Waals surface area contributed by atoms with Crippen molar-refractivity contribution in [2.75, 3.05) is 11.4 Å². The number of rotatable bonds is 6. The first-order valence-corrected chi connectivity index (χ1v) is 7.47. The molecule has 0 radical (unpaired) electrons. The normalized spacial score (nSPS) is 10.6. The van der Waals surface area contributed by atoms with E-state index in [1.165, 1.54) is 6.07 Å². The molecule has 106 valence electrons. The van der Waals surface area contributed by atoms with Crippen molar-refractivity contribution in [3.8, 4) is 0 Å². The van der Waals surface area contributed by atoms with Crippen LogP contribution in [0, 0.1) is 5.82 Å². The van der Waals surface area contributed by atoms with Gasteiger partial charge in [0.15, 0.2) is 0 Å². The van der Waals surface area contributed by atoms with Gasteiger partial charge >= 0.3 is 0 Å². The van der Waals surface area contributed by atoms with Crippen LogP contribution in [0.2, 0.25) is 0 Å². The van der Waals surface area contributed by atoms with Crippen LogP contribution in [0.25, 0.3) is 0 Å². The predicted octanol–water partition coefficient (Wildman–Crippen LogP) is 5.50. The fourth-order valence-corrected chi connectivity index (χ4v) is 2.51. The van der Waals surface area contributed by atoms with E-state index in [-0.39, 0.29) is 11.7 Å². The van der Waals surface area contributed by atoms with Crippen molar-refractivity contribution in [1.29, 1.82) is 0 Å². The van der Waals surface area contributed by atoms with Crippen LogP contribution >= 0.6 is 11.6 Å². The number of halogens is 2. The molecule has 0 aliphatic heterocycles. The zero-order chi connectivity index (χ0) is 14.4. The second kappa shape index (κ2) is 7.30. The van der Waals surface area contributed by atoms with Gasteiger partial charge in [-0.25, -0.2) is 4.39 Å². The van der Waals surface area contributed by atoms with Gasteiger partial charge in [-0.3, -0.25) is 0 Å². The van der Waals surface area contributed by atoms with Gasteiger partial charge in [-0.2, -0.15) is 0 Å². The molecule has 0 spiro atoms. The summed E-state index contributed by atoms with van der Waals surface area (Å²) in [7, 11) is 0. The maximum absolute atomic E-state index is 13.9. The molecule has 0 N–H and O–H groups in total. The van der Waals surface area contributed by atoms with Gasteiger partial charge in [-0.05, 0) is 30.7 Å². The number of hydrogen-bond donors (Lipinski definition) is 0. The number of alkyl halides is 1. The minimum Gasteiger partial charge on any atom is -0.341 e. The summed E-state index contributed by atoms with van der Waals surface area (Å²) in [6.45, 7) is 3.01. The Morgan fingerprint density at radius 2 is 1.80 bits per heavy atom. The summed E-state index contributed by atoms with van der Waals surface area (Å²) in [4.78, 5) is 2.14. The molecule has 1 nitrogen and oxygen atoms in total. The molecule has 2 aromatic carbocycles. The van der Waals surface area contributed by atoms with Crippen LogP contribution in [0.4, 0.5) is 15.8 Å². The first-order valence-electron chi connectivity index (χ1n) is 6.94. The van der Waals surface area contributed by atoms with Gasteiger partial charge < -0.3 is 4.90 Å². The van der Waals surface area contributed by atoms with Crippen molar-refractivity contribution in [3.63, 3.8) is 0 Å². The molecule has 0 saturated carbocycles. The summed E-state index contributed by atoms with van der Waals surface area (Å²) in [5, 5.41) is 0. The monoisotopic (exact) mass is 291 g/mol. The Morgan fingerprint density at radius 3 is 2.45 bits per heavy atom. The Bertz CT molecular complexity index is 542. The molecule has 0 aliphatic carbocycles. The van der Waals surface area contributed by atoms with Gasteiger partial charge in [0.25, 0.3) is 0 Å². The van der Waals surface area contributed by atoms with E-state index in [4.69, 9.17) is 11.6 Å². The lowest BCUT2D eigenvalue weighted by Gasteiger charge is -2.27. The molecule has 0 atom stereocenters. The average molecular weight is 292 g/mol. The predicted molar refractivity (Wildman–Crippen MR) is 84.3 cm³/mol. The third kappa shape index (κ3) is 3.31. The number of benzene rings is 2. The Kier molecular flexibility index (Phi) is 5.42. The summed E-state index contributed by atoms with van der Waals surface area (Å²) in [5.41, 5.74) is 2.49. The van der Waals surface area contributed by atoms with E-state index in [1.807, 2.05) is 36.4 Å². The lowest BCUT2D eigenvalue weighted by Crippen LogP contribution is -2.20. The number of anilines is 2. The first kappa shape index (κ1) is 14.9. The van der Waals surface area contributed by atoms with Crippen molar-refractivity contribution in [1.82, 2.24) is 0 Å². The minimum atomic E-state index is -0.241. The van der Waals surface area contributed by atoms with Crippen molar-refractivity contribution in [3.05, 3.63) is 59.9 Å². The van der Waals surface area contributed by atoms with Crippen LogP contribution in [0.15, 0.2) is 48.5 Å². The lowest BCUT2D eigenvalue weighted by atomic mass is 10.1. The van der Waals surface area contributed by atoms with Gasteiger partial charge in [0.05, 0.1) is 5.88 Å². The molecule has 0 bridgehead atoms. The summed E-state index contributed by atoms with van der Waals surface area (Å²) >= 11 is 5.94. The molecule has 0 aromatic heterocycles. The van der Waals surface area contributed by atoms with Crippen LogP contribution in [0.1, 0.15) is 25.3 Å². The zero-order valence-electron chi connectivity index (χ0n) is 11.7. The van der Waals surface area contributed by atoms with Crippen molar-refractivity contribution in [2.45, 2.75) is 25.6 Å². The third-order valence-corrected chi connectivity index (χ3v) is 3.59. The van der Waals surface area contributed by atoms with Crippen molar-refractivity contribution >= 4 is 23.0 Å². The highest BCUT2D eigenvalue weighted by Crippen LogP contribution is 2.31. The first-order chi connectivity index (χ1) is 9.77. The van der Waals surface area contributed by atoms with Crippen LogP contribution in [-0.4, -0.2) is 6.54 Å². The maximum atomic E-state index is 13.9. The third-order valence-electron chi connectivity index (χ3n) is 3.32. The molecule has 20 heavy (non-hydrogen) atoms. The highest BCUT2D eigenvalue weighted by molar-refractivity contribution is 6.17. The molecule has 2 aromatic rings. The molecular weight excluding hydrogens is 273 g/mol.